The third kappa shape index (κ3) is 6.28. The number of hydrogen-bond donors (Lipinski definition) is 0. The van der Waals surface area contributed by atoms with E-state index in [0.29, 0.717) is 0 Å². The van der Waals surface area contributed by atoms with Crippen molar-refractivity contribution in [2.45, 2.75) is 0 Å². The average Bonchev–Trinajstić information content (AvgIpc) is 2.41. The molecule has 0 spiro atoms. The Hall–Kier alpha value is -2.08. The van der Waals surface area contributed by atoms with Crippen molar-refractivity contribution < 1.29 is 34.3 Å². The Morgan fingerprint density at radius 3 is 2.13 bits per heavy atom. The van der Waals surface area contributed by atoms with Crippen LogP contribution in [0.1, 0.15) is 0 Å². The summed E-state index contributed by atoms with van der Waals surface area (Å²) < 4.78 is 66.5. The molecule has 0 radical (unpaired) electrons. The minimum absolute atomic E-state index is 0.896. The van der Waals surface area contributed by atoms with Gasteiger partial charge in [0.1, 0.15) is 5.75 Å². The van der Waals surface area contributed by atoms with Crippen molar-refractivity contribution in [2.24, 2.45) is 0 Å². The average molecular weight is 355 g/mol. The van der Waals surface area contributed by atoms with Crippen LogP contribution in [0.3, 0.4) is 0 Å². The molecular formula is C14H12F6NOP. The van der Waals surface area contributed by atoms with Crippen LogP contribution in [0.2, 0.25) is 0 Å². The van der Waals surface area contributed by atoms with Crippen molar-refractivity contribution in [3.8, 4) is 5.75 Å². The molecule has 23 heavy (non-hydrogen) atoms. The van der Waals surface area contributed by atoms with Gasteiger partial charge in [-0.1, -0.05) is 0 Å². The number of pyridine rings is 2. The van der Waals surface area contributed by atoms with Crippen LogP contribution >= 0.6 is 7.81 Å². The molecule has 0 N–H and O–H groups in total. The molecule has 0 aliphatic rings. The maximum atomic E-state index is 9.87. The van der Waals surface area contributed by atoms with Gasteiger partial charge in [-0.3, -0.25) is 0 Å². The summed E-state index contributed by atoms with van der Waals surface area (Å²) in [4.78, 5) is 0. The Labute approximate surface area is 127 Å². The van der Waals surface area contributed by atoms with Gasteiger partial charge in [-0.15, -0.1) is 0 Å². The van der Waals surface area contributed by atoms with Crippen LogP contribution in [0, 0.1) is 0 Å². The van der Waals surface area contributed by atoms with Gasteiger partial charge in [0.25, 0.3) is 0 Å². The van der Waals surface area contributed by atoms with Gasteiger partial charge in [-0.2, -0.15) is 4.40 Å². The Bertz CT molecular complexity index is 852. The van der Waals surface area contributed by atoms with Gasteiger partial charge >= 0.3 is 33.0 Å². The Morgan fingerprint density at radius 1 is 0.870 bits per heavy atom. The second-order valence-electron chi connectivity index (χ2n) is 4.76. The number of fused-ring (bicyclic) bond motifs is 2. The SMILES string of the molecule is COc1ccc2c[n+]3ccccc3cc2c1.F[P-](F)(F)(F)(F)F. The molecule has 0 amide bonds. The summed E-state index contributed by atoms with van der Waals surface area (Å²) in [5.41, 5.74) is 1.18. The van der Waals surface area contributed by atoms with E-state index < -0.39 is 7.81 Å². The van der Waals surface area contributed by atoms with Gasteiger partial charge in [0.05, 0.1) is 7.11 Å². The fourth-order valence-corrected chi connectivity index (χ4v) is 1.94. The van der Waals surface area contributed by atoms with E-state index in [4.69, 9.17) is 4.74 Å². The molecule has 0 fully saturated rings. The summed E-state index contributed by atoms with van der Waals surface area (Å²) in [6.45, 7) is 0. The van der Waals surface area contributed by atoms with Crippen LogP contribution in [0.25, 0.3) is 16.3 Å². The third-order valence-corrected chi connectivity index (χ3v) is 2.80. The number of nitrogens with zero attached hydrogens (tertiary/aromatic N) is 1. The summed E-state index contributed by atoms with van der Waals surface area (Å²) in [6, 6.07) is 14.5. The number of rotatable bonds is 1. The van der Waals surface area contributed by atoms with E-state index >= 15 is 0 Å². The molecule has 2 aromatic heterocycles. The number of benzene rings is 1. The first kappa shape index (κ1) is 17.3. The number of aromatic nitrogens is 1. The number of ether oxygens (including phenoxy) is 1. The Morgan fingerprint density at radius 2 is 1.52 bits per heavy atom. The molecule has 0 aliphatic carbocycles. The molecule has 9 heteroatoms. The first-order valence-corrected chi connectivity index (χ1v) is 8.29. The minimum atomic E-state index is -10.7. The van der Waals surface area contributed by atoms with Gasteiger partial charge in [-0.25, -0.2) is 0 Å². The van der Waals surface area contributed by atoms with Crippen LogP contribution in [-0.4, -0.2) is 7.11 Å². The van der Waals surface area contributed by atoms with Crippen LogP contribution in [0.4, 0.5) is 25.2 Å². The van der Waals surface area contributed by atoms with E-state index in [0.717, 1.165) is 5.75 Å². The fraction of sp³-hybridized carbons (Fsp3) is 0.0714. The second kappa shape index (κ2) is 4.96. The van der Waals surface area contributed by atoms with Crippen molar-refractivity contribution in [3.63, 3.8) is 0 Å². The molecule has 0 unspecified atom stereocenters. The zero-order valence-corrected chi connectivity index (χ0v) is 12.7. The van der Waals surface area contributed by atoms with Crippen LogP contribution in [0.15, 0.2) is 54.9 Å². The summed E-state index contributed by atoms with van der Waals surface area (Å²) in [5.74, 6) is 0.896. The first-order chi connectivity index (χ1) is 10.3. The zero-order chi connectivity index (χ0) is 17.4. The summed E-state index contributed by atoms with van der Waals surface area (Å²) in [6.07, 6.45) is 4.18. The zero-order valence-electron chi connectivity index (χ0n) is 11.8. The van der Waals surface area contributed by atoms with Crippen LogP contribution in [-0.2, 0) is 0 Å². The van der Waals surface area contributed by atoms with Crippen LogP contribution < -0.4 is 9.14 Å². The Kier molecular flexibility index (Phi) is 3.73. The molecule has 0 saturated heterocycles. The molecule has 2 nitrogen and oxygen atoms in total. The molecule has 0 atom stereocenters. The third-order valence-electron chi connectivity index (χ3n) is 2.80. The van der Waals surface area contributed by atoms with Crippen LogP contribution in [0.5, 0.6) is 5.75 Å². The monoisotopic (exact) mass is 355 g/mol. The van der Waals surface area contributed by atoms with Crippen molar-refractivity contribution >= 4 is 24.1 Å². The van der Waals surface area contributed by atoms with Crippen molar-refractivity contribution in [2.75, 3.05) is 7.11 Å². The van der Waals surface area contributed by atoms with E-state index in [9.17, 15) is 25.2 Å². The normalized spacial score (nSPS) is 14.6. The summed E-state index contributed by atoms with van der Waals surface area (Å²) in [5, 5.41) is 2.41. The molecule has 2 heterocycles. The van der Waals surface area contributed by atoms with Crippen molar-refractivity contribution in [3.05, 3.63) is 54.9 Å². The van der Waals surface area contributed by atoms with Gasteiger partial charge in [0.2, 0.25) is 5.52 Å². The standard InChI is InChI=1S/C14H12NO.F6P/c1-16-14-6-5-11-10-15-7-3-2-4-13(15)8-12(11)9-14;1-7(2,3,4,5)6/h2-10H,1H3;/q+1;-1. The molecule has 0 bridgehead atoms. The Balaban J connectivity index is 0.000000236. The first-order valence-electron chi connectivity index (χ1n) is 6.26. The molecule has 3 aromatic rings. The topological polar surface area (TPSA) is 13.3 Å². The quantitative estimate of drug-likeness (QED) is 0.227. The molecule has 1 aromatic carbocycles. The van der Waals surface area contributed by atoms with E-state index in [-0.39, 0.29) is 0 Å². The van der Waals surface area contributed by atoms with Gasteiger partial charge < -0.3 is 4.74 Å². The molecule has 0 saturated carbocycles. The van der Waals surface area contributed by atoms with E-state index in [1.54, 1.807) is 7.11 Å². The van der Waals surface area contributed by atoms with Gasteiger partial charge in [-0.05, 0) is 29.7 Å². The number of methoxy groups -OCH3 is 1. The fourth-order valence-electron chi connectivity index (χ4n) is 1.94. The second-order valence-corrected chi connectivity index (χ2v) is 6.68. The summed E-state index contributed by atoms with van der Waals surface area (Å²) in [7, 11) is -8.97. The molecule has 3 rings (SSSR count). The maximum absolute atomic E-state index is 10.7. The molecule has 126 valence electrons. The van der Waals surface area contributed by atoms with Crippen molar-refractivity contribution in [1.29, 1.82) is 0 Å². The molecule has 0 aliphatic heterocycles. The predicted octanol–water partition coefficient (Wildman–Crippen LogP) is 5.97. The summed E-state index contributed by atoms with van der Waals surface area (Å²) >= 11 is 0. The van der Waals surface area contributed by atoms with E-state index in [1.165, 1.54) is 16.3 Å². The van der Waals surface area contributed by atoms with Crippen molar-refractivity contribution in [1.82, 2.24) is 0 Å². The number of hydrogen-bond acceptors (Lipinski definition) is 1. The van der Waals surface area contributed by atoms with Gasteiger partial charge in [0, 0.05) is 23.6 Å². The van der Waals surface area contributed by atoms with E-state index in [2.05, 4.69) is 41.1 Å². The molecular weight excluding hydrogens is 343 g/mol. The number of halogens is 6. The van der Waals surface area contributed by atoms with E-state index in [1.807, 2.05) is 18.2 Å². The predicted molar refractivity (Wildman–Crippen MR) is 77.2 cm³/mol. The van der Waals surface area contributed by atoms with Gasteiger partial charge in [0.15, 0.2) is 12.4 Å².